The van der Waals surface area contributed by atoms with E-state index in [-0.39, 0.29) is 11.5 Å². The number of likely N-dealkylation sites (tertiary alicyclic amines) is 1. The second-order valence-corrected chi connectivity index (χ2v) is 9.52. The monoisotopic (exact) mass is 429 g/mol. The highest BCUT2D eigenvalue weighted by molar-refractivity contribution is 7.51. The number of hydrogen-bond donors (Lipinski definition) is 1. The molecule has 0 saturated carbocycles. The van der Waals surface area contributed by atoms with E-state index in [2.05, 4.69) is 40.5 Å². The third-order valence-corrected chi connectivity index (χ3v) is 7.85. The summed E-state index contributed by atoms with van der Waals surface area (Å²) < 4.78 is 19.2. The average molecular weight is 429 g/mol. The van der Waals surface area contributed by atoms with Crippen molar-refractivity contribution < 1.29 is 13.9 Å². The number of hydrogen-bond acceptors (Lipinski definition) is 5. The first-order valence-electron chi connectivity index (χ1n) is 10.4. The highest BCUT2D eigenvalue weighted by Gasteiger charge is 2.35. The van der Waals surface area contributed by atoms with E-state index in [0.717, 1.165) is 37.2 Å². The Morgan fingerprint density at radius 2 is 2.23 bits per heavy atom. The number of benzene rings is 1. The Labute approximate surface area is 179 Å². The van der Waals surface area contributed by atoms with Crippen molar-refractivity contribution >= 4 is 20.2 Å². The first kappa shape index (κ1) is 21.1. The molecular formula is C23H29FN3O2P. The minimum absolute atomic E-state index is 0.133. The van der Waals surface area contributed by atoms with Gasteiger partial charge in [0.2, 0.25) is 0 Å². The van der Waals surface area contributed by atoms with Gasteiger partial charge in [-0.2, -0.15) is 0 Å². The number of nitrogens with one attached hydrogen (secondary N) is 1. The van der Waals surface area contributed by atoms with Gasteiger partial charge in [0.05, 0.1) is 18.6 Å². The molecule has 0 radical (unpaired) electrons. The van der Waals surface area contributed by atoms with Crippen molar-refractivity contribution in [3.05, 3.63) is 59.7 Å². The maximum atomic E-state index is 14.2. The SMILES string of the molecule is COc1ccc(/C(=C/C=O)PC2C=CC(N3CC4NCCC[C@@H]4C3)=CN2C)cc1F. The minimum atomic E-state index is -0.421. The van der Waals surface area contributed by atoms with Crippen molar-refractivity contribution in [2.75, 3.05) is 33.8 Å². The number of aldehydes is 1. The lowest BCUT2D eigenvalue weighted by molar-refractivity contribution is -0.104. The van der Waals surface area contributed by atoms with Crippen molar-refractivity contribution in [3.63, 3.8) is 0 Å². The van der Waals surface area contributed by atoms with Gasteiger partial charge < -0.3 is 19.9 Å². The molecule has 160 valence electrons. The highest BCUT2D eigenvalue weighted by Crippen LogP contribution is 2.41. The fourth-order valence-electron chi connectivity index (χ4n) is 4.54. The van der Waals surface area contributed by atoms with Crippen LogP contribution in [-0.4, -0.2) is 61.7 Å². The molecular weight excluding hydrogens is 400 g/mol. The number of fused-ring (bicyclic) bond motifs is 1. The number of carbonyl (C=O) groups excluding carboxylic acids is 1. The van der Waals surface area contributed by atoms with Gasteiger partial charge in [-0.25, -0.2) is 4.39 Å². The van der Waals surface area contributed by atoms with Crippen LogP contribution in [0, 0.1) is 11.7 Å². The van der Waals surface area contributed by atoms with Gasteiger partial charge in [0, 0.05) is 32.4 Å². The predicted molar refractivity (Wildman–Crippen MR) is 120 cm³/mol. The molecule has 2 saturated heterocycles. The van der Waals surface area contributed by atoms with Gasteiger partial charge >= 0.3 is 0 Å². The smallest absolute Gasteiger partial charge is 0.165 e. The summed E-state index contributed by atoms with van der Waals surface area (Å²) in [4.78, 5) is 15.9. The van der Waals surface area contributed by atoms with Gasteiger partial charge in [0.15, 0.2) is 11.6 Å². The fourth-order valence-corrected chi connectivity index (χ4v) is 5.82. The molecule has 5 nitrogen and oxygen atoms in total. The molecule has 4 rings (SSSR count). The minimum Gasteiger partial charge on any atom is -0.494 e. The molecule has 4 atom stereocenters. The Bertz CT molecular complexity index is 871. The number of methoxy groups -OCH3 is 1. The molecule has 3 unspecified atom stereocenters. The van der Waals surface area contributed by atoms with Crippen LogP contribution in [0.5, 0.6) is 5.75 Å². The molecule has 0 spiro atoms. The number of likely N-dealkylation sites (N-methyl/N-ethyl adjacent to an activating group) is 1. The summed E-state index contributed by atoms with van der Waals surface area (Å²) in [5.74, 6) is 0.657. The molecule has 1 aromatic rings. The normalized spacial score (nSPS) is 26.8. The molecule has 3 heterocycles. The molecule has 30 heavy (non-hydrogen) atoms. The molecule has 0 aromatic heterocycles. The zero-order valence-corrected chi connectivity index (χ0v) is 18.5. The van der Waals surface area contributed by atoms with Gasteiger partial charge in [-0.1, -0.05) is 20.7 Å². The van der Waals surface area contributed by atoms with Crippen LogP contribution in [-0.2, 0) is 4.79 Å². The summed E-state index contributed by atoms with van der Waals surface area (Å²) in [5, 5.41) is 4.49. The first-order chi connectivity index (χ1) is 14.6. The third kappa shape index (κ3) is 4.45. The zero-order chi connectivity index (χ0) is 21.1. The van der Waals surface area contributed by atoms with E-state index >= 15 is 0 Å². The fraction of sp³-hybridized carbons (Fsp3) is 0.435. The topological polar surface area (TPSA) is 44.8 Å². The van der Waals surface area contributed by atoms with Gasteiger partial charge in [0.1, 0.15) is 6.29 Å². The summed E-state index contributed by atoms with van der Waals surface area (Å²) in [5.41, 5.74) is 1.95. The summed E-state index contributed by atoms with van der Waals surface area (Å²) >= 11 is 0. The summed E-state index contributed by atoms with van der Waals surface area (Å²) in [6.07, 6.45) is 11.5. The van der Waals surface area contributed by atoms with Crippen molar-refractivity contribution in [2.24, 2.45) is 5.92 Å². The molecule has 2 fully saturated rings. The number of rotatable bonds is 6. The number of allylic oxidation sites excluding steroid dienone is 2. The average Bonchev–Trinajstić information content (AvgIpc) is 3.19. The number of piperidine rings is 1. The van der Waals surface area contributed by atoms with E-state index in [4.69, 9.17) is 4.74 Å². The van der Waals surface area contributed by atoms with Crippen LogP contribution >= 0.6 is 8.58 Å². The van der Waals surface area contributed by atoms with Crippen LogP contribution in [0.3, 0.4) is 0 Å². The van der Waals surface area contributed by atoms with E-state index in [1.807, 2.05) is 0 Å². The lowest BCUT2D eigenvalue weighted by atomic mass is 9.94. The number of halogens is 1. The highest BCUT2D eigenvalue weighted by atomic mass is 31.1. The molecule has 7 heteroatoms. The number of ether oxygens (including phenoxy) is 1. The van der Waals surface area contributed by atoms with Crippen LogP contribution in [0.1, 0.15) is 18.4 Å². The molecule has 3 aliphatic heterocycles. The number of carbonyl (C=O) groups is 1. The number of nitrogens with zero attached hydrogens (tertiary/aromatic N) is 2. The van der Waals surface area contributed by atoms with Gasteiger partial charge in [-0.05, 0) is 60.5 Å². The Hall–Kier alpha value is -2.17. The van der Waals surface area contributed by atoms with Crippen LogP contribution in [0.2, 0.25) is 0 Å². The van der Waals surface area contributed by atoms with Crippen molar-refractivity contribution in [1.82, 2.24) is 15.1 Å². The molecule has 0 aliphatic carbocycles. The molecule has 0 amide bonds. The Morgan fingerprint density at radius 3 is 2.93 bits per heavy atom. The van der Waals surface area contributed by atoms with E-state index in [1.54, 1.807) is 12.1 Å². The summed E-state index contributed by atoms with van der Waals surface area (Å²) in [6.45, 7) is 3.30. The largest absolute Gasteiger partial charge is 0.494 e. The lowest BCUT2D eigenvalue weighted by Crippen LogP contribution is -2.40. The van der Waals surface area contributed by atoms with Crippen molar-refractivity contribution in [1.29, 1.82) is 0 Å². The van der Waals surface area contributed by atoms with E-state index < -0.39 is 5.82 Å². The maximum Gasteiger partial charge on any atom is 0.165 e. The molecule has 1 aromatic carbocycles. The van der Waals surface area contributed by atoms with Gasteiger partial charge in [0.25, 0.3) is 0 Å². The van der Waals surface area contributed by atoms with Gasteiger partial charge in [-0.15, -0.1) is 0 Å². The molecule has 0 bridgehead atoms. The molecule has 1 N–H and O–H groups in total. The Balaban J connectivity index is 1.45. The third-order valence-electron chi connectivity index (χ3n) is 6.19. The second-order valence-electron chi connectivity index (χ2n) is 8.10. The quantitative estimate of drug-likeness (QED) is 0.427. The van der Waals surface area contributed by atoms with Crippen LogP contribution < -0.4 is 10.1 Å². The van der Waals surface area contributed by atoms with E-state index in [1.165, 1.54) is 37.8 Å². The van der Waals surface area contributed by atoms with Crippen molar-refractivity contribution in [2.45, 2.75) is 24.7 Å². The van der Waals surface area contributed by atoms with Crippen LogP contribution in [0.4, 0.5) is 4.39 Å². The predicted octanol–water partition coefficient (Wildman–Crippen LogP) is 3.41. The zero-order valence-electron chi connectivity index (χ0n) is 17.5. The Morgan fingerprint density at radius 1 is 1.37 bits per heavy atom. The summed E-state index contributed by atoms with van der Waals surface area (Å²) in [6, 6.07) is 5.45. The molecule has 3 aliphatic rings. The maximum absolute atomic E-state index is 14.2. The Kier molecular flexibility index (Phi) is 6.55. The van der Waals surface area contributed by atoms with Crippen molar-refractivity contribution in [3.8, 4) is 5.75 Å². The lowest BCUT2D eigenvalue weighted by Gasteiger charge is -2.32. The van der Waals surface area contributed by atoms with Crippen LogP contribution in [0.15, 0.2) is 48.3 Å². The van der Waals surface area contributed by atoms with Crippen LogP contribution in [0.25, 0.3) is 5.31 Å². The van der Waals surface area contributed by atoms with E-state index in [9.17, 15) is 9.18 Å². The van der Waals surface area contributed by atoms with Gasteiger partial charge in [-0.3, -0.25) is 4.79 Å². The summed E-state index contributed by atoms with van der Waals surface area (Å²) in [7, 11) is 3.83. The van der Waals surface area contributed by atoms with E-state index in [0.29, 0.717) is 20.2 Å². The standard InChI is InChI=1S/C23H29FN3O2P/c1-26-14-18(27-13-17-4-3-10-25-20(17)15-27)6-8-23(26)30-22(9-11-28)16-5-7-21(29-2)19(24)12-16/h5-9,11-12,14,17,20,23,25,30H,3-4,10,13,15H2,1-2H3/b22-9-/t17-,20?,23?/m1/s1. The second kappa shape index (κ2) is 9.32. The first-order valence-corrected chi connectivity index (χ1v) is 11.5.